The van der Waals surface area contributed by atoms with E-state index in [2.05, 4.69) is 48.7 Å². The molecule has 0 radical (unpaired) electrons. The molecule has 2 N–H and O–H groups in total. The Bertz CT molecular complexity index is 1080. The average molecular weight is 621 g/mol. The van der Waals surface area contributed by atoms with Crippen molar-refractivity contribution in [3.8, 4) is 0 Å². The summed E-state index contributed by atoms with van der Waals surface area (Å²) in [6, 6.07) is 7.32. The lowest BCUT2D eigenvalue weighted by molar-refractivity contribution is -0.132. The number of halogens is 3. The Morgan fingerprint density at radius 3 is 2.67 bits per heavy atom. The lowest BCUT2D eigenvalue weighted by atomic mass is 9.97. The van der Waals surface area contributed by atoms with E-state index in [4.69, 9.17) is 23.2 Å². The summed E-state index contributed by atoms with van der Waals surface area (Å²) in [5.74, 6) is 0.836. The maximum atomic E-state index is 12.9. The molecule has 0 spiro atoms. The van der Waals surface area contributed by atoms with Gasteiger partial charge in [-0.25, -0.2) is 9.97 Å². The van der Waals surface area contributed by atoms with Crippen LogP contribution in [0.5, 0.6) is 0 Å². The molecule has 0 bridgehead atoms. The fourth-order valence-electron chi connectivity index (χ4n) is 3.90. The van der Waals surface area contributed by atoms with E-state index >= 15 is 0 Å². The van der Waals surface area contributed by atoms with Crippen molar-refractivity contribution in [1.82, 2.24) is 18.8 Å². The van der Waals surface area contributed by atoms with Gasteiger partial charge in [-0.1, -0.05) is 37.0 Å². The van der Waals surface area contributed by atoms with Crippen LogP contribution in [0.4, 0.5) is 11.5 Å². The molecule has 0 aliphatic carbocycles. The lowest BCUT2D eigenvalue weighted by Crippen LogP contribution is -2.53. The van der Waals surface area contributed by atoms with Gasteiger partial charge in [0, 0.05) is 70.9 Å². The standard InChI is InChI=1S/C20H21Cl2IN6OS.C2H6/c1-12-17(27-19-16-4-6-29(31-23)20(16)26-11-25-19)3-2-5-28(12)18(30)10-24-15-8-13(21)7-14(22)9-15;1-2/h4,6-9,11-12,17,24H,2-3,5,10H2,1H3,(H,25,26,27);1-2H3. The van der Waals surface area contributed by atoms with Crippen LogP contribution < -0.4 is 10.6 Å². The molecule has 1 aromatic carbocycles. The van der Waals surface area contributed by atoms with Gasteiger partial charge >= 0.3 is 0 Å². The van der Waals surface area contributed by atoms with Crippen LogP contribution in [0.25, 0.3) is 11.0 Å². The number of fused-ring (bicyclic) bond motifs is 1. The van der Waals surface area contributed by atoms with Gasteiger partial charge in [-0.15, -0.1) is 0 Å². The van der Waals surface area contributed by atoms with Crippen LogP contribution in [0.15, 0.2) is 36.8 Å². The molecule has 2 aromatic heterocycles. The SMILES string of the molecule is CC.CC1C(Nc2ncnc3c2ccn3SI)CCCN1C(=O)CNc1cc(Cl)cc(Cl)c1. The molecule has 178 valence electrons. The maximum Gasteiger partial charge on any atom is 0.242 e. The smallest absolute Gasteiger partial charge is 0.242 e. The number of hydrogen-bond acceptors (Lipinski definition) is 6. The topological polar surface area (TPSA) is 75.1 Å². The van der Waals surface area contributed by atoms with Crippen molar-refractivity contribution in [2.75, 3.05) is 23.7 Å². The molecule has 7 nitrogen and oxygen atoms in total. The monoisotopic (exact) mass is 620 g/mol. The van der Waals surface area contributed by atoms with Crippen LogP contribution >= 0.6 is 53.5 Å². The predicted molar refractivity (Wildman–Crippen MR) is 149 cm³/mol. The van der Waals surface area contributed by atoms with Crippen molar-refractivity contribution >= 4 is 82.0 Å². The van der Waals surface area contributed by atoms with Gasteiger partial charge in [0.1, 0.15) is 12.1 Å². The van der Waals surface area contributed by atoms with E-state index < -0.39 is 0 Å². The summed E-state index contributed by atoms with van der Waals surface area (Å²) in [6.45, 7) is 6.99. The van der Waals surface area contributed by atoms with Gasteiger partial charge < -0.3 is 15.5 Å². The van der Waals surface area contributed by atoms with Gasteiger partial charge in [-0.3, -0.25) is 8.77 Å². The second-order valence-electron chi connectivity index (χ2n) is 7.40. The van der Waals surface area contributed by atoms with Crippen molar-refractivity contribution in [1.29, 1.82) is 0 Å². The summed E-state index contributed by atoms with van der Waals surface area (Å²) in [5, 5.41) is 8.73. The first-order valence-electron chi connectivity index (χ1n) is 10.8. The zero-order valence-corrected chi connectivity index (χ0v) is 23.2. The summed E-state index contributed by atoms with van der Waals surface area (Å²) in [4.78, 5) is 23.7. The Balaban J connectivity index is 0.00000149. The molecule has 1 saturated heterocycles. The highest BCUT2D eigenvalue weighted by atomic mass is 127. The highest BCUT2D eigenvalue weighted by molar-refractivity contribution is 14.2. The van der Waals surface area contributed by atoms with Crippen LogP contribution in [0.1, 0.15) is 33.6 Å². The molecule has 33 heavy (non-hydrogen) atoms. The third kappa shape index (κ3) is 6.37. The Morgan fingerprint density at radius 1 is 1.24 bits per heavy atom. The molecule has 2 atom stereocenters. The van der Waals surface area contributed by atoms with Gasteiger partial charge in [-0.2, -0.15) is 0 Å². The fourth-order valence-corrected chi connectivity index (χ4v) is 5.70. The van der Waals surface area contributed by atoms with Gasteiger partial charge in [0.25, 0.3) is 0 Å². The van der Waals surface area contributed by atoms with Gasteiger partial charge in [-0.05, 0) is 44.0 Å². The number of amides is 1. The quantitative estimate of drug-likeness (QED) is 0.306. The number of anilines is 2. The summed E-state index contributed by atoms with van der Waals surface area (Å²) in [5.41, 5.74) is 1.60. The minimum Gasteiger partial charge on any atom is -0.376 e. The van der Waals surface area contributed by atoms with E-state index in [0.29, 0.717) is 10.0 Å². The van der Waals surface area contributed by atoms with Gasteiger partial charge in [0.15, 0.2) is 5.65 Å². The molecule has 11 heteroatoms. The van der Waals surface area contributed by atoms with Crippen molar-refractivity contribution in [3.05, 3.63) is 46.8 Å². The highest BCUT2D eigenvalue weighted by Gasteiger charge is 2.31. The summed E-state index contributed by atoms with van der Waals surface area (Å²) in [6.07, 6.45) is 5.45. The first-order valence-corrected chi connectivity index (χ1v) is 14.9. The number of hydrogen-bond donors (Lipinski definition) is 2. The van der Waals surface area contributed by atoms with Crippen LogP contribution in [0, 0.1) is 0 Å². The summed E-state index contributed by atoms with van der Waals surface area (Å²) in [7, 11) is 1.56. The van der Waals surface area contributed by atoms with E-state index in [0.717, 1.165) is 41.9 Å². The molecule has 2 unspecified atom stereocenters. The minimum absolute atomic E-state index is 0.0250. The van der Waals surface area contributed by atoms with Gasteiger partial charge in [0.2, 0.25) is 5.91 Å². The summed E-state index contributed by atoms with van der Waals surface area (Å²) >= 11 is 14.3. The highest BCUT2D eigenvalue weighted by Crippen LogP contribution is 2.29. The number of benzene rings is 1. The second kappa shape index (κ2) is 12.3. The van der Waals surface area contributed by atoms with Crippen molar-refractivity contribution in [2.45, 2.75) is 45.7 Å². The normalized spacial score (nSPS) is 17.9. The molecule has 1 aliphatic heterocycles. The third-order valence-corrected chi connectivity index (χ3v) is 7.61. The number of carbonyl (C=O) groups excluding carboxylic acids is 1. The van der Waals surface area contributed by atoms with Crippen LogP contribution in [-0.2, 0) is 4.79 Å². The molecule has 3 heterocycles. The Kier molecular flexibility index (Phi) is 9.78. The third-order valence-electron chi connectivity index (χ3n) is 5.46. The van der Waals surface area contributed by atoms with E-state index in [-0.39, 0.29) is 24.5 Å². The molecular weight excluding hydrogens is 594 g/mol. The van der Waals surface area contributed by atoms with E-state index in [1.54, 1.807) is 33.6 Å². The molecule has 1 amide bonds. The Hall–Kier alpha value is -1.43. The van der Waals surface area contributed by atoms with Gasteiger partial charge in [0.05, 0.1) is 11.9 Å². The lowest BCUT2D eigenvalue weighted by Gasteiger charge is -2.40. The number of likely N-dealkylation sites (tertiary alicyclic amines) is 1. The molecule has 1 fully saturated rings. The largest absolute Gasteiger partial charge is 0.376 e. The molecule has 3 aromatic rings. The van der Waals surface area contributed by atoms with E-state index in [1.807, 2.05) is 35.0 Å². The number of carbonyl (C=O) groups is 1. The molecular formula is C22H27Cl2IN6OS. The predicted octanol–water partition coefficient (Wildman–Crippen LogP) is 6.51. The Morgan fingerprint density at radius 2 is 1.97 bits per heavy atom. The Labute approximate surface area is 220 Å². The number of aromatic nitrogens is 3. The average Bonchev–Trinajstić information content (AvgIpc) is 3.24. The molecule has 0 saturated carbocycles. The fraction of sp³-hybridized carbons (Fsp3) is 0.409. The minimum atomic E-state index is 0.0250. The zero-order chi connectivity index (χ0) is 24.0. The summed E-state index contributed by atoms with van der Waals surface area (Å²) < 4.78 is 2.00. The maximum absolute atomic E-state index is 12.9. The van der Waals surface area contributed by atoms with Crippen molar-refractivity contribution in [2.24, 2.45) is 0 Å². The second-order valence-corrected chi connectivity index (χ2v) is 9.99. The number of nitrogens with zero attached hydrogens (tertiary/aromatic N) is 4. The molecule has 1 aliphatic rings. The number of piperidine rings is 1. The van der Waals surface area contributed by atoms with Crippen LogP contribution in [0.3, 0.4) is 0 Å². The van der Waals surface area contributed by atoms with E-state index in [9.17, 15) is 4.79 Å². The number of nitrogens with one attached hydrogen (secondary N) is 2. The van der Waals surface area contributed by atoms with Crippen LogP contribution in [-0.4, -0.2) is 49.9 Å². The van der Waals surface area contributed by atoms with Crippen molar-refractivity contribution < 1.29 is 4.79 Å². The zero-order valence-electron chi connectivity index (χ0n) is 18.7. The van der Waals surface area contributed by atoms with Crippen LogP contribution in [0.2, 0.25) is 10.0 Å². The number of rotatable bonds is 6. The van der Waals surface area contributed by atoms with Crippen molar-refractivity contribution in [3.63, 3.8) is 0 Å². The first-order chi connectivity index (χ1) is 16.0. The first kappa shape index (κ1) is 26.2. The van der Waals surface area contributed by atoms with E-state index in [1.165, 1.54) is 0 Å². The molecule has 4 rings (SSSR count).